The molecule has 19 heavy (non-hydrogen) atoms. The highest BCUT2D eigenvalue weighted by Crippen LogP contribution is 2.23. The number of benzene rings is 1. The Hall–Kier alpha value is -1.60. The normalized spacial score (nSPS) is 11.6. The van der Waals surface area contributed by atoms with Crippen molar-refractivity contribution in [2.75, 3.05) is 26.4 Å². The van der Waals surface area contributed by atoms with Crippen molar-refractivity contribution in [1.29, 1.82) is 0 Å². The van der Waals surface area contributed by atoms with Crippen molar-refractivity contribution in [3.05, 3.63) is 23.8 Å². The maximum atomic E-state index is 12.4. The quantitative estimate of drug-likeness (QED) is 0.646. The van der Waals surface area contributed by atoms with Crippen LogP contribution in [0.3, 0.4) is 0 Å². The number of esters is 1. The van der Waals surface area contributed by atoms with Crippen LogP contribution in [0, 0.1) is 0 Å². The van der Waals surface area contributed by atoms with Gasteiger partial charge in [-0.05, 0) is 24.6 Å². The summed E-state index contributed by atoms with van der Waals surface area (Å²) >= 11 is 0. The summed E-state index contributed by atoms with van der Waals surface area (Å²) in [5.74, 6) is -0.705. The zero-order chi connectivity index (χ0) is 14.6. The molecule has 0 bridgehead atoms. The highest BCUT2D eigenvalue weighted by atomic mass is 32.2. The summed E-state index contributed by atoms with van der Waals surface area (Å²) in [5.41, 5.74) is 5.86. The van der Waals surface area contributed by atoms with Gasteiger partial charge in [0.05, 0.1) is 17.6 Å². The zero-order valence-corrected chi connectivity index (χ0v) is 12.0. The fourth-order valence-electron chi connectivity index (χ4n) is 1.63. The lowest BCUT2D eigenvalue weighted by molar-refractivity contribution is 0.0596. The fourth-order valence-corrected chi connectivity index (χ4v) is 3.11. The molecule has 0 atom stereocenters. The van der Waals surface area contributed by atoms with Gasteiger partial charge in [-0.25, -0.2) is 17.5 Å². The topological polar surface area (TPSA) is 89.7 Å². The van der Waals surface area contributed by atoms with Gasteiger partial charge in [0, 0.05) is 19.3 Å². The first kappa shape index (κ1) is 15.5. The molecule has 0 aliphatic rings. The van der Waals surface area contributed by atoms with E-state index in [4.69, 9.17) is 5.73 Å². The van der Waals surface area contributed by atoms with Crippen molar-refractivity contribution in [2.45, 2.75) is 18.2 Å². The number of hydrogen-bond acceptors (Lipinski definition) is 5. The van der Waals surface area contributed by atoms with Crippen LogP contribution >= 0.6 is 0 Å². The zero-order valence-electron chi connectivity index (χ0n) is 11.2. The molecule has 0 spiro atoms. The van der Waals surface area contributed by atoms with E-state index in [9.17, 15) is 13.2 Å². The van der Waals surface area contributed by atoms with Crippen LogP contribution in [0.2, 0.25) is 0 Å². The predicted molar refractivity (Wildman–Crippen MR) is 72.3 cm³/mol. The molecule has 0 heterocycles. The van der Waals surface area contributed by atoms with Gasteiger partial charge in [0.25, 0.3) is 0 Å². The molecule has 6 nitrogen and oxygen atoms in total. The number of methoxy groups -OCH3 is 1. The van der Waals surface area contributed by atoms with E-state index in [1.54, 1.807) is 0 Å². The van der Waals surface area contributed by atoms with Crippen LogP contribution in [0.25, 0.3) is 0 Å². The number of nitrogens with two attached hydrogens (primary N) is 1. The Morgan fingerprint density at radius 3 is 2.58 bits per heavy atom. The summed E-state index contributed by atoms with van der Waals surface area (Å²) in [6.45, 7) is 2.23. The van der Waals surface area contributed by atoms with Crippen LogP contribution in [-0.4, -0.2) is 39.4 Å². The van der Waals surface area contributed by atoms with Gasteiger partial charge in [-0.15, -0.1) is 0 Å². The lowest BCUT2D eigenvalue weighted by Gasteiger charge is -2.18. The van der Waals surface area contributed by atoms with Crippen molar-refractivity contribution in [3.63, 3.8) is 0 Å². The number of sulfonamides is 1. The van der Waals surface area contributed by atoms with Gasteiger partial charge >= 0.3 is 5.97 Å². The maximum absolute atomic E-state index is 12.4. The molecule has 0 radical (unpaired) electrons. The second-order valence-corrected chi connectivity index (χ2v) is 6.09. The van der Waals surface area contributed by atoms with E-state index in [2.05, 4.69) is 4.74 Å². The summed E-state index contributed by atoms with van der Waals surface area (Å²) in [4.78, 5) is 11.5. The summed E-state index contributed by atoms with van der Waals surface area (Å²) in [7, 11) is -1.10. The minimum atomic E-state index is -3.76. The fraction of sp³-hybridized carbons (Fsp3) is 0.417. The molecule has 0 amide bonds. The summed E-state index contributed by atoms with van der Waals surface area (Å²) in [5, 5.41) is 0. The number of rotatable bonds is 5. The summed E-state index contributed by atoms with van der Waals surface area (Å²) in [6.07, 6.45) is 0.672. The minimum absolute atomic E-state index is 0.0142. The lowest BCUT2D eigenvalue weighted by Crippen LogP contribution is -2.29. The average molecular weight is 286 g/mol. The van der Waals surface area contributed by atoms with Gasteiger partial charge in [0.15, 0.2) is 0 Å². The first-order valence-corrected chi connectivity index (χ1v) is 7.22. The van der Waals surface area contributed by atoms with E-state index in [-0.39, 0.29) is 16.1 Å². The van der Waals surface area contributed by atoms with Crippen molar-refractivity contribution >= 4 is 21.7 Å². The molecule has 106 valence electrons. The van der Waals surface area contributed by atoms with Crippen LogP contribution in [0.1, 0.15) is 23.7 Å². The Morgan fingerprint density at radius 1 is 1.42 bits per heavy atom. The van der Waals surface area contributed by atoms with E-state index in [1.165, 1.54) is 36.7 Å². The molecule has 1 aromatic carbocycles. The van der Waals surface area contributed by atoms with Gasteiger partial charge in [-0.1, -0.05) is 6.92 Å². The minimum Gasteiger partial charge on any atom is -0.465 e. The van der Waals surface area contributed by atoms with Crippen molar-refractivity contribution in [2.24, 2.45) is 0 Å². The van der Waals surface area contributed by atoms with Gasteiger partial charge in [-0.2, -0.15) is 0 Å². The molecule has 7 heteroatoms. The molecule has 2 N–H and O–H groups in total. The second kappa shape index (κ2) is 6.03. The Balaban J connectivity index is 3.40. The Kier molecular flexibility index (Phi) is 4.90. The molecule has 0 aromatic heterocycles. The number of nitrogens with zero attached hydrogens (tertiary/aromatic N) is 1. The van der Waals surface area contributed by atoms with Crippen LogP contribution < -0.4 is 5.73 Å². The van der Waals surface area contributed by atoms with Crippen LogP contribution in [-0.2, 0) is 14.8 Å². The molecule has 1 aromatic rings. The molecule has 0 unspecified atom stereocenters. The first-order valence-electron chi connectivity index (χ1n) is 5.78. The number of ether oxygens (including phenoxy) is 1. The third-order valence-electron chi connectivity index (χ3n) is 2.64. The van der Waals surface area contributed by atoms with Gasteiger partial charge in [0.1, 0.15) is 0 Å². The standard InChI is InChI=1S/C12H18N2O4S/c1-4-7-14(2)19(16,17)11-8-9(13)5-6-10(11)12(15)18-3/h5-6,8H,4,7,13H2,1-3H3. The van der Waals surface area contributed by atoms with Crippen LogP contribution in [0.5, 0.6) is 0 Å². The number of nitrogen functional groups attached to an aromatic ring is 1. The number of carbonyl (C=O) groups excluding carboxylic acids is 1. The van der Waals surface area contributed by atoms with Gasteiger partial charge < -0.3 is 10.5 Å². The monoisotopic (exact) mass is 286 g/mol. The molecule has 0 aliphatic heterocycles. The molecular formula is C12H18N2O4S. The highest BCUT2D eigenvalue weighted by molar-refractivity contribution is 7.89. The maximum Gasteiger partial charge on any atom is 0.339 e. The van der Waals surface area contributed by atoms with Gasteiger partial charge in [-0.3, -0.25) is 0 Å². The predicted octanol–water partition coefficient (Wildman–Crippen LogP) is 1.09. The highest BCUT2D eigenvalue weighted by Gasteiger charge is 2.26. The van der Waals surface area contributed by atoms with Crippen molar-refractivity contribution in [3.8, 4) is 0 Å². The SMILES string of the molecule is CCCN(C)S(=O)(=O)c1cc(N)ccc1C(=O)OC. The van der Waals surface area contributed by atoms with E-state index >= 15 is 0 Å². The Bertz CT molecular complexity index is 569. The van der Waals surface area contributed by atoms with Crippen molar-refractivity contribution < 1.29 is 17.9 Å². The van der Waals surface area contributed by atoms with E-state index in [0.717, 1.165) is 0 Å². The average Bonchev–Trinajstić information content (AvgIpc) is 2.38. The van der Waals surface area contributed by atoms with E-state index < -0.39 is 16.0 Å². The number of hydrogen-bond donors (Lipinski definition) is 1. The molecule has 0 saturated carbocycles. The number of carbonyl (C=O) groups is 1. The van der Waals surface area contributed by atoms with Crippen molar-refractivity contribution in [1.82, 2.24) is 4.31 Å². The van der Waals surface area contributed by atoms with Crippen LogP contribution in [0.15, 0.2) is 23.1 Å². The summed E-state index contributed by atoms with van der Waals surface area (Å²) < 4.78 is 30.5. The first-order chi connectivity index (χ1) is 8.84. The Morgan fingerprint density at radius 2 is 2.05 bits per heavy atom. The molecule has 1 rings (SSSR count). The molecular weight excluding hydrogens is 268 g/mol. The van der Waals surface area contributed by atoms with E-state index in [0.29, 0.717) is 13.0 Å². The Labute approximate surface area is 113 Å². The number of anilines is 1. The van der Waals surface area contributed by atoms with E-state index in [1.807, 2.05) is 6.92 Å². The molecule has 0 saturated heterocycles. The molecule has 0 fully saturated rings. The largest absolute Gasteiger partial charge is 0.465 e. The third-order valence-corrected chi connectivity index (χ3v) is 4.53. The smallest absolute Gasteiger partial charge is 0.339 e. The second-order valence-electron chi connectivity index (χ2n) is 4.07. The van der Waals surface area contributed by atoms with Gasteiger partial charge in [0.2, 0.25) is 10.0 Å². The molecule has 0 aliphatic carbocycles. The third kappa shape index (κ3) is 3.24. The van der Waals surface area contributed by atoms with Crippen LogP contribution in [0.4, 0.5) is 5.69 Å². The summed E-state index contributed by atoms with van der Waals surface area (Å²) in [6, 6.07) is 4.09. The lowest BCUT2D eigenvalue weighted by atomic mass is 10.2.